The lowest BCUT2D eigenvalue weighted by molar-refractivity contribution is 0.453. The van der Waals surface area contributed by atoms with E-state index in [1.807, 2.05) is 13.8 Å². The Morgan fingerprint density at radius 2 is 1.95 bits per heavy atom. The Morgan fingerprint density at radius 3 is 2.60 bits per heavy atom. The molecule has 0 amide bonds. The third-order valence-electron chi connectivity index (χ3n) is 3.13. The van der Waals surface area contributed by atoms with Crippen LogP contribution in [0.2, 0.25) is 0 Å². The lowest BCUT2D eigenvalue weighted by atomic mass is 10.0. The molecular weight excluding hydrogens is 316 g/mol. The van der Waals surface area contributed by atoms with Crippen LogP contribution >= 0.6 is 15.9 Å². The van der Waals surface area contributed by atoms with E-state index in [4.69, 9.17) is 4.74 Å². The molecule has 20 heavy (non-hydrogen) atoms. The number of hydrogen-bond donors (Lipinski definition) is 0. The molecule has 0 aliphatic heterocycles. The van der Waals surface area contributed by atoms with Gasteiger partial charge < -0.3 is 4.74 Å². The molecule has 3 nitrogen and oxygen atoms in total. The van der Waals surface area contributed by atoms with Crippen molar-refractivity contribution in [3.8, 4) is 11.6 Å². The smallest absolute Gasteiger partial charge is 0.223 e. The van der Waals surface area contributed by atoms with Crippen LogP contribution in [0.3, 0.4) is 0 Å². The summed E-state index contributed by atoms with van der Waals surface area (Å²) in [6, 6.07) is 8.10. The molecule has 0 unspecified atom stereocenters. The molecule has 0 N–H and O–H groups in total. The van der Waals surface area contributed by atoms with Gasteiger partial charge in [0.25, 0.3) is 0 Å². The van der Waals surface area contributed by atoms with E-state index >= 15 is 0 Å². The second-order valence-electron chi connectivity index (χ2n) is 5.08. The van der Waals surface area contributed by atoms with Crippen LogP contribution in [0, 0.1) is 6.92 Å². The van der Waals surface area contributed by atoms with E-state index in [1.54, 1.807) is 6.07 Å². The van der Waals surface area contributed by atoms with Crippen LogP contribution in [0.5, 0.6) is 11.6 Å². The van der Waals surface area contributed by atoms with Gasteiger partial charge in [-0.1, -0.05) is 32.9 Å². The van der Waals surface area contributed by atoms with Gasteiger partial charge in [-0.15, -0.1) is 0 Å². The van der Waals surface area contributed by atoms with Crippen LogP contribution in [-0.2, 0) is 6.42 Å². The second-order valence-corrected chi connectivity index (χ2v) is 5.89. The van der Waals surface area contributed by atoms with Crippen LogP contribution in [-0.4, -0.2) is 9.97 Å². The number of benzene rings is 1. The fraction of sp³-hybridized carbons (Fsp3) is 0.375. The zero-order valence-corrected chi connectivity index (χ0v) is 13.9. The molecule has 0 atom stereocenters. The highest BCUT2D eigenvalue weighted by Gasteiger charge is 2.08. The van der Waals surface area contributed by atoms with E-state index in [-0.39, 0.29) is 0 Å². The summed E-state index contributed by atoms with van der Waals surface area (Å²) in [5.74, 6) is 2.67. The highest BCUT2D eigenvalue weighted by Crippen LogP contribution is 2.28. The maximum Gasteiger partial charge on any atom is 0.223 e. The summed E-state index contributed by atoms with van der Waals surface area (Å²) in [6.45, 7) is 8.41. The summed E-state index contributed by atoms with van der Waals surface area (Å²) in [7, 11) is 0. The quantitative estimate of drug-likeness (QED) is 0.736. The average Bonchev–Trinajstić information content (AvgIpc) is 2.40. The Balaban J connectivity index is 2.34. The predicted molar refractivity (Wildman–Crippen MR) is 84.5 cm³/mol. The summed E-state index contributed by atoms with van der Waals surface area (Å²) >= 11 is 3.39. The first-order valence-corrected chi connectivity index (χ1v) is 7.60. The van der Waals surface area contributed by atoms with Gasteiger partial charge in [-0.2, -0.15) is 4.98 Å². The van der Waals surface area contributed by atoms with Crippen LogP contribution in [0.1, 0.15) is 43.6 Å². The number of halogens is 1. The maximum atomic E-state index is 5.94. The summed E-state index contributed by atoms with van der Waals surface area (Å²) in [5.41, 5.74) is 2.36. The molecule has 0 saturated carbocycles. The standard InChI is InChI=1S/C16H19BrN2O/c1-5-15-18-14(17)9-16(19-15)20-13-8-12(10(2)3)7-6-11(13)4/h6-10H,5H2,1-4H3. The molecule has 106 valence electrons. The highest BCUT2D eigenvalue weighted by atomic mass is 79.9. The molecule has 0 fully saturated rings. The Hall–Kier alpha value is -1.42. The first-order chi connectivity index (χ1) is 9.49. The van der Waals surface area contributed by atoms with E-state index in [0.29, 0.717) is 11.8 Å². The minimum atomic E-state index is 0.473. The van der Waals surface area contributed by atoms with Gasteiger partial charge in [0.2, 0.25) is 5.88 Å². The zero-order chi connectivity index (χ0) is 14.7. The molecule has 1 aromatic heterocycles. The molecular formula is C16H19BrN2O. The second kappa shape index (κ2) is 6.35. The SMILES string of the molecule is CCc1nc(Br)cc(Oc2cc(C(C)C)ccc2C)n1. The van der Waals surface area contributed by atoms with E-state index in [2.05, 4.69) is 57.9 Å². The summed E-state index contributed by atoms with van der Waals surface area (Å²) in [5, 5.41) is 0. The molecule has 0 aliphatic rings. The van der Waals surface area contributed by atoms with Crippen molar-refractivity contribution in [3.05, 3.63) is 45.8 Å². The molecule has 0 radical (unpaired) electrons. The largest absolute Gasteiger partial charge is 0.439 e. The molecule has 0 saturated heterocycles. The normalized spacial score (nSPS) is 10.9. The molecule has 4 heteroatoms. The molecule has 2 rings (SSSR count). The molecule has 0 bridgehead atoms. The first kappa shape index (κ1) is 15.0. The number of aromatic nitrogens is 2. The first-order valence-electron chi connectivity index (χ1n) is 6.81. The lowest BCUT2D eigenvalue weighted by Crippen LogP contribution is -1.98. The lowest BCUT2D eigenvalue weighted by Gasteiger charge is -2.12. The van der Waals surface area contributed by atoms with Crippen LogP contribution in [0.4, 0.5) is 0 Å². The summed E-state index contributed by atoms with van der Waals surface area (Å²) in [4.78, 5) is 8.69. The van der Waals surface area contributed by atoms with Gasteiger partial charge in [0, 0.05) is 12.5 Å². The van der Waals surface area contributed by atoms with Crippen molar-refractivity contribution >= 4 is 15.9 Å². The van der Waals surface area contributed by atoms with Gasteiger partial charge in [0.1, 0.15) is 16.2 Å². The van der Waals surface area contributed by atoms with Crippen LogP contribution in [0.25, 0.3) is 0 Å². The van der Waals surface area contributed by atoms with Crippen molar-refractivity contribution in [1.82, 2.24) is 9.97 Å². The van der Waals surface area contributed by atoms with Crippen molar-refractivity contribution in [1.29, 1.82) is 0 Å². The van der Waals surface area contributed by atoms with Gasteiger partial charge in [0.15, 0.2) is 0 Å². The zero-order valence-electron chi connectivity index (χ0n) is 12.3. The van der Waals surface area contributed by atoms with Crippen molar-refractivity contribution < 1.29 is 4.74 Å². The van der Waals surface area contributed by atoms with Crippen molar-refractivity contribution in [3.63, 3.8) is 0 Å². The Bertz CT molecular complexity index is 611. The van der Waals surface area contributed by atoms with Gasteiger partial charge in [-0.3, -0.25) is 0 Å². The minimum absolute atomic E-state index is 0.473. The maximum absolute atomic E-state index is 5.94. The number of aryl methyl sites for hydroxylation is 2. The van der Waals surface area contributed by atoms with Crippen LogP contribution < -0.4 is 4.74 Å². The Labute approximate surface area is 128 Å². The van der Waals surface area contributed by atoms with Crippen molar-refractivity contribution in [2.75, 3.05) is 0 Å². The monoisotopic (exact) mass is 334 g/mol. The van der Waals surface area contributed by atoms with Gasteiger partial charge >= 0.3 is 0 Å². The fourth-order valence-electron chi connectivity index (χ4n) is 1.85. The van der Waals surface area contributed by atoms with Gasteiger partial charge in [-0.05, 0) is 46.0 Å². The molecule has 2 aromatic rings. The summed E-state index contributed by atoms with van der Waals surface area (Å²) in [6.07, 6.45) is 0.779. The highest BCUT2D eigenvalue weighted by molar-refractivity contribution is 9.10. The van der Waals surface area contributed by atoms with E-state index in [1.165, 1.54) is 5.56 Å². The van der Waals surface area contributed by atoms with Gasteiger partial charge in [-0.25, -0.2) is 4.98 Å². The van der Waals surface area contributed by atoms with E-state index in [0.717, 1.165) is 28.2 Å². The van der Waals surface area contributed by atoms with Crippen molar-refractivity contribution in [2.24, 2.45) is 0 Å². The number of ether oxygens (including phenoxy) is 1. The average molecular weight is 335 g/mol. The summed E-state index contributed by atoms with van der Waals surface area (Å²) < 4.78 is 6.69. The molecule has 1 aromatic carbocycles. The fourth-order valence-corrected chi connectivity index (χ4v) is 2.25. The number of rotatable bonds is 4. The molecule has 1 heterocycles. The number of nitrogens with zero attached hydrogens (tertiary/aromatic N) is 2. The molecule has 0 spiro atoms. The van der Waals surface area contributed by atoms with E-state index in [9.17, 15) is 0 Å². The van der Waals surface area contributed by atoms with Gasteiger partial charge in [0.05, 0.1) is 0 Å². The molecule has 0 aliphatic carbocycles. The van der Waals surface area contributed by atoms with Crippen molar-refractivity contribution in [2.45, 2.75) is 40.0 Å². The Kier molecular flexibility index (Phi) is 4.76. The Morgan fingerprint density at radius 1 is 1.20 bits per heavy atom. The number of hydrogen-bond acceptors (Lipinski definition) is 3. The third kappa shape index (κ3) is 3.57. The predicted octanol–water partition coefficient (Wildman–Crippen LogP) is 5.03. The third-order valence-corrected chi connectivity index (χ3v) is 3.53. The van der Waals surface area contributed by atoms with E-state index < -0.39 is 0 Å². The minimum Gasteiger partial charge on any atom is -0.439 e. The topological polar surface area (TPSA) is 35.0 Å². The van der Waals surface area contributed by atoms with Crippen LogP contribution in [0.15, 0.2) is 28.9 Å².